The molecule has 0 aromatic carbocycles. The van der Waals surface area contributed by atoms with Gasteiger partial charge < -0.3 is 14.8 Å². The van der Waals surface area contributed by atoms with Crippen molar-refractivity contribution in [1.82, 2.24) is 29.9 Å². The van der Waals surface area contributed by atoms with Crippen LogP contribution in [-0.2, 0) is 24.1 Å². The highest BCUT2D eigenvalue weighted by Crippen LogP contribution is 2.31. The Morgan fingerprint density at radius 3 is 2.73 bits per heavy atom. The average Bonchev–Trinajstić information content (AvgIpc) is 3.29. The second kappa shape index (κ2) is 9.23. The molecule has 0 radical (unpaired) electrons. The second-order valence-electron chi connectivity index (χ2n) is 9.24. The SMILES string of the molecule is COc1ncc(-c2nn(-c3cnn(CC4C[C@@H](C)N[C@@H](C)C4)c3)c3c2CCOCC3)cc1F. The highest BCUT2D eigenvalue weighted by Gasteiger charge is 2.25. The van der Waals surface area contributed by atoms with Crippen molar-refractivity contribution in [2.45, 2.75) is 58.2 Å². The van der Waals surface area contributed by atoms with Gasteiger partial charge in [0.1, 0.15) is 5.69 Å². The molecule has 176 valence electrons. The van der Waals surface area contributed by atoms with Gasteiger partial charge in [0, 0.05) is 42.4 Å². The number of nitrogens with one attached hydrogen (secondary N) is 1. The molecule has 2 aliphatic heterocycles. The summed E-state index contributed by atoms with van der Waals surface area (Å²) < 4.78 is 29.1. The summed E-state index contributed by atoms with van der Waals surface area (Å²) in [6, 6.07) is 2.49. The van der Waals surface area contributed by atoms with Crippen molar-refractivity contribution < 1.29 is 13.9 Å². The second-order valence-corrected chi connectivity index (χ2v) is 9.24. The Labute approximate surface area is 193 Å². The largest absolute Gasteiger partial charge is 0.479 e. The van der Waals surface area contributed by atoms with E-state index in [-0.39, 0.29) is 5.88 Å². The number of aromatic nitrogens is 5. The zero-order valence-corrected chi connectivity index (χ0v) is 19.4. The fourth-order valence-corrected chi connectivity index (χ4v) is 5.29. The lowest BCUT2D eigenvalue weighted by Crippen LogP contribution is -2.43. The van der Waals surface area contributed by atoms with Crippen LogP contribution in [0.5, 0.6) is 5.88 Å². The van der Waals surface area contributed by atoms with Crippen molar-refractivity contribution in [2.75, 3.05) is 20.3 Å². The van der Waals surface area contributed by atoms with Gasteiger partial charge in [0.05, 0.1) is 44.1 Å². The third-order valence-electron chi connectivity index (χ3n) is 6.60. The molecule has 0 aliphatic carbocycles. The van der Waals surface area contributed by atoms with Gasteiger partial charge in [0.2, 0.25) is 5.88 Å². The summed E-state index contributed by atoms with van der Waals surface area (Å²) in [4.78, 5) is 4.11. The fourth-order valence-electron chi connectivity index (χ4n) is 5.29. The first-order valence-corrected chi connectivity index (χ1v) is 11.7. The Bertz CT molecular complexity index is 1120. The molecular weight excluding hydrogens is 423 g/mol. The summed E-state index contributed by atoms with van der Waals surface area (Å²) >= 11 is 0. The van der Waals surface area contributed by atoms with E-state index < -0.39 is 5.82 Å². The first kappa shape index (κ1) is 22.0. The van der Waals surface area contributed by atoms with Gasteiger partial charge in [-0.25, -0.2) is 14.1 Å². The summed E-state index contributed by atoms with van der Waals surface area (Å²) in [6.07, 6.45) is 9.29. The number of hydrogen-bond acceptors (Lipinski definition) is 6. The summed E-state index contributed by atoms with van der Waals surface area (Å²) in [5.74, 6) is 0.0768. The average molecular weight is 455 g/mol. The molecule has 8 nitrogen and oxygen atoms in total. The minimum absolute atomic E-state index is 0.0181. The molecule has 3 aromatic rings. The Morgan fingerprint density at radius 2 is 1.97 bits per heavy atom. The normalized spacial score (nSPS) is 23.2. The maximum Gasteiger partial charge on any atom is 0.250 e. The zero-order valence-electron chi connectivity index (χ0n) is 19.4. The van der Waals surface area contributed by atoms with Crippen LogP contribution in [0.15, 0.2) is 24.7 Å². The minimum atomic E-state index is -0.499. The van der Waals surface area contributed by atoms with Gasteiger partial charge in [0.15, 0.2) is 5.82 Å². The molecule has 0 bridgehead atoms. The van der Waals surface area contributed by atoms with Crippen LogP contribution >= 0.6 is 0 Å². The molecule has 5 heterocycles. The van der Waals surface area contributed by atoms with Gasteiger partial charge in [-0.1, -0.05) is 0 Å². The van der Waals surface area contributed by atoms with Crippen LogP contribution in [0.3, 0.4) is 0 Å². The van der Waals surface area contributed by atoms with Crippen LogP contribution in [0.2, 0.25) is 0 Å². The Hall–Kier alpha value is -2.78. The van der Waals surface area contributed by atoms with Crippen LogP contribution in [-0.4, -0.2) is 57.0 Å². The van der Waals surface area contributed by atoms with Crippen molar-refractivity contribution in [3.05, 3.63) is 41.7 Å². The lowest BCUT2D eigenvalue weighted by molar-refractivity contribution is 0.145. The van der Waals surface area contributed by atoms with Crippen molar-refractivity contribution in [1.29, 1.82) is 0 Å². The van der Waals surface area contributed by atoms with E-state index in [0.29, 0.717) is 36.8 Å². The number of halogens is 1. The summed E-state index contributed by atoms with van der Waals surface area (Å²) in [7, 11) is 1.41. The lowest BCUT2D eigenvalue weighted by Gasteiger charge is -2.32. The van der Waals surface area contributed by atoms with E-state index in [0.717, 1.165) is 54.9 Å². The standard InChI is InChI=1S/C24H31FN6O2/c1-15-8-17(9-16(2)28-15)13-30-14-19(12-27-30)31-22-5-7-33-6-4-20(22)23(29-31)18-10-21(25)24(32-3)26-11-18/h10-12,14-17,28H,4-9,13H2,1-3H3/t15-,16+,17?. The number of hydrogen-bond donors (Lipinski definition) is 1. The first-order chi connectivity index (χ1) is 16.0. The molecule has 0 amide bonds. The van der Waals surface area contributed by atoms with Crippen molar-refractivity contribution >= 4 is 0 Å². The Balaban J connectivity index is 1.47. The minimum Gasteiger partial charge on any atom is -0.479 e. The first-order valence-electron chi connectivity index (χ1n) is 11.7. The zero-order chi connectivity index (χ0) is 22.9. The molecule has 2 aliphatic rings. The third-order valence-corrected chi connectivity index (χ3v) is 6.60. The number of fused-ring (bicyclic) bond motifs is 1. The van der Waals surface area contributed by atoms with E-state index in [1.54, 1.807) is 6.20 Å². The van der Waals surface area contributed by atoms with Gasteiger partial charge in [0.25, 0.3) is 0 Å². The predicted octanol–water partition coefficient (Wildman–Crippen LogP) is 3.17. The molecule has 1 unspecified atom stereocenters. The molecule has 1 N–H and O–H groups in total. The fraction of sp³-hybridized carbons (Fsp3) is 0.542. The quantitative estimate of drug-likeness (QED) is 0.638. The van der Waals surface area contributed by atoms with Crippen LogP contribution < -0.4 is 10.1 Å². The van der Waals surface area contributed by atoms with E-state index in [2.05, 4.69) is 35.4 Å². The van der Waals surface area contributed by atoms with Crippen LogP contribution in [0.1, 0.15) is 37.9 Å². The van der Waals surface area contributed by atoms with Gasteiger partial charge in [-0.3, -0.25) is 4.68 Å². The number of methoxy groups -OCH3 is 1. The third kappa shape index (κ3) is 4.52. The molecule has 0 saturated carbocycles. The number of pyridine rings is 1. The molecule has 1 saturated heterocycles. The van der Waals surface area contributed by atoms with Crippen molar-refractivity contribution in [3.8, 4) is 22.8 Å². The number of piperidine rings is 1. The van der Waals surface area contributed by atoms with Gasteiger partial charge >= 0.3 is 0 Å². The van der Waals surface area contributed by atoms with E-state index in [1.165, 1.54) is 13.2 Å². The van der Waals surface area contributed by atoms with Gasteiger partial charge in [-0.2, -0.15) is 10.2 Å². The van der Waals surface area contributed by atoms with Crippen LogP contribution in [0.4, 0.5) is 4.39 Å². The van der Waals surface area contributed by atoms with Crippen molar-refractivity contribution in [3.63, 3.8) is 0 Å². The molecular formula is C24H31FN6O2. The predicted molar refractivity (Wildman–Crippen MR) is 122 cm³/mol. The molecule has 9 heteroatoms. The van der Waals surface area contributed by atoms with Gasteiger partial charge in [-0.15, -0.1) is 0 Å². The Morgan fingerprint density at radius 1 is 1.18 bits per heavy atom. The van der Waals surface area contributed by atoms with E-state index in [4.69, 9.17) is 14.6 Å². The number of rotatable bonds is 5. The maximum absolute atomic E-state index is 14.4. The van der Waals surface area contributed by atoms with E-state index in [1.807, 2.05) is 15.6 Å². The lowest BCUT2D eigenvalue weighted by atomic mass is 9.89. The molecule has 5 rings (SSSR count). The summed E-state index contributed by atoms with van der Waals surface area (Å²) in [6.45, 7) is 6.63. The maximum atomic E-state index is 14.4. The van der Waals surface area contributed by atoms with Crippen molar-refractivity contribution in [2.24, 2.45) is 5.92 Å². The molecule has 3 aromatic heterocycles. The summed E-state index contributed by atoms with van der Waals surface area (Å²) in [5, 5.41) is 13.1. The number of nitrogens with zero attached hydrogens (tertiary/aromatic N) is 5. The van der Waals surface area contributed by atoms with Crippen LogP contribution in [0.25, 0.3) is 16.9 Å². The molecule has 1 fully saturated rings. The topological polar surface area (TPSA) is 79.0 Å². The summed E-state index contributed by atoms with van der Waals surface area (Å²) in [5.41, 5.74) is 4.44. The number of ether oxygens (including phenoxy) is 2. The Kier molecular flexibility index (Phi) is 6.16. The molecule has 3 atom stereocenters. The smallest absolute Gasteiger partial charge is 0.250 e. The molecule has 0 spiro atoms. The monoisotopic (exact) mass is 454 g/mol. The molecule has 33 heavy (non-hydrogen) atoms. The van der Waals surface area contributed by atoms with Crippen LogP contribution in [0, 0.1) is 11.7 Å². The highest BCUT2D eigenvalue weighted by molar-refractivity contribution is 5.65. The van der Waals surface area contributed by atoms with E-state index >= 15 is 0 Å². The van der Waals surface area contributed by atoms with Gasteiger partial charge in [-0.05, 0) is 45.1 Å². The highest BCUT2D eigenvalue weighted by atomic mass is 19.1. The van der Waals surface area contributed by atoms with E-state index in [9.17, 15) is 4.39 Å².